The highest BCUT2D eigenvalue weighted by Gasteiger charge is 2.25. The largest absolute Gasteiger partial charge is 0.376 e. The van der Waals surface area contributed by atoms with E-state index in [-0.39, 0.29) is 18.1 Å². The lowest BCUT2D eigenvalue weighted by Crippen LogP contribution is -2.48. The van der Waals surface area contributed by atoms with E-state index in [1.165, 1.54) is 0 Å². The van der Waals surface area contributed by atoms with Gasteiger partial charge in [0.15, 0.2) is 0 Å². The SMILES string of the molecule is CC(C)C[C@H](N)C(=O)NC(C)C1CCCO1. The second-order valence-corrected chi connectivity index (χ2v) is 5.08. The van der Waals surface area contributed by atoms with Crippen molar-refractivity contribution >= 4 is 5.91 Å². The first-order valence-electron chi connectivity index (χ1n) is 6.18. The zero-order valence-corrected chi connectivity index (χ0v) is 10.5. The summed E-state index contributed by atoms with van der Waals surface area (Å²) >= 11 is 0. The Morgan fingerprint density at radius 2 is 2.19 bits per heavy atom. The lowest BCUT2D eigenvalue weighted by molar-refractivity contribution is -0.124. The van der Waals surface area contributed by atoms with Gasteiger partial charge in [0.1, 0.15) is 0 Å². The van der Waals surface area contributed by atoms with Crippen molar-refractivity contribution in [3.8, 4) is 0 Å². The highest BCUT2D eigenvalue weighted by Crippen LogP contribution is 2.15. The lowest BCUT2D eigenvalue weighted by atomic mass is 10.0. The van der Waals surface area contributed by atoms with Gasteiger partial charge in [-0.2, -0.15) is 0 Å². The Morgan fingerprint density at radius 1 is 1.50 bits per heavy atom. The molecule has 1 amide bonds. The summed E-state index contributed by atoms with van der Waals surface area (Å²) in [6.07, 6.45) is 3.00. The summed E-state index contributed by atoms with van der Waals surface area (Å²) in [6.45, 7) is 6.92. The van der Waals surface area contributed by atoms with Crippen LogP contribution in [0.3, 0.4) is 0 Å². The van der Waals surface area contributed by atoms with E-state index in [0.717, 1.165) is 25.9 Å². The molecular formula is C12H24N2O2. The molecule has 0 bridgehead atoms. The van der Waals surface area contributed by atoms with Crippen LogP contribution in [0.1, 0.15) is 40.0 Å². The third-order valence-corrected chi connectivity index (χ3v) is 2.95. The maximum atomic E-state index is 11.8. The van der Waals surface area contributed by atoms with Crippen LogP contribution in [0.25, 0.3) is 0 Å². The molecule has 0 saturated carbocycles. The summed E-state index contributed by atoms with van der Waals surface area (Å²) < 4.78 is 5.52. The van der Waals surface area contributed by atoms with Gasteiger partial charge in [-0.1, -0.05) is 13.8 Å². The van der Waals surface area contributed by atoms with E-state index in [1.807, 2.05) is 6.92 Å². The summed E-state index contributed by atoms with van der Waals surface area (Å²) in [7, 11) is 0. The van der Waals surface area contributed by atoms with Crippen LogP contribution < -0.4 is 11.1 Å². The number of nitrogens with two attached hydrogens (primary N) is 1. The molecule has 1 aliphatic heterocycles. The van der Waals surface area contributed by atoms with E-state index in [2.05, 4.69) is 19.2 Å². The quantitative estimate of drug-likeness (QED) is 0.739. The van der Waals surface area contributed by atoms with Crippen LogP contribution in [-0.4, -0.2) is 30.7 Å². The van der Waals surface area contributed by atoms with Crippen LogP contribution in [0.2, 0.25) is 0 Å². The first kappa shape index (κ1) is 13.5. The van der Waals surface area contributed by atoms with Crippen molar-refractivity contribution < 1.29 is 9.53 Å². The van der Waals surface area contributed by atoms with Crippen LogP contribution in [0, 0.1) is 5.92 Å². The average Bonchev–Trinajstić information content (AvgIpc) is 2.68. The van der Waals surface area contributed by atoms with Gasteiger partial charge in [-0.05, 0) is 32.1 Å². The number of carbonyl (C=O) groups excluding carboxylic acids is 1. The van der Waals surface area contributed by atoms with Gasteiger partial charge in [-0.15, -0.1) is 0 Å². The molecule has 1 fully saturated rings. The highest BCUT2D eigenvalue weighted by molar-refractivity contribution is 5.81. The van der Waals surface area contributed by atoms with Crippen molar-refractivity contribution in [2.75, 3.05) is 6.61 Å². The molecule has 1 rings (SSSR count). The van der Waals surface area contributed by atoms with E-state index in [0.29, 0.717) is 5.92 Å². The van der Waals surface area contributed by atoms with E-state index in [9.17, 15) is 4.79 Å². The molecule has 3 atom stereocenters. The molecular weight excluding hydrogens is 204 g/mol. The van der Waals surface area contributed by atoms with Crippen molar-refractivity contribution in [3.63, 3.8) is 0 Å². The van der Waals surface area contributed by atoms with Gasteiger partial charge >= 0.3 is 0 Å². The maximum absolute atomic E-state index is 11.8. The summed E-state index contributed by atoms with van der Waals surface area (Å²) in [5, 5.41) is 2.94. The van der Waals surface area contributed by atoms with E-state index in [1.54, 1.807) is 0 Å². The molecule has 0 aromatic rings. The van der Waals surface area contributed by atoms with Gasteiger partial charge < -0.3 is 15.8 Å². The van der Waals surface area contributed by atoms with Crippen molar-refractivity contribution in [1.29, 1.82) is 0 Å². The molecule has 94 valence electrons. The van der Waals surface area contributed by atoms with Gasteiger partial charge in [0.25, 0.3) is 0 Å². The third kappa shape index (κ3) is 4.10. The minimum atomic E-state index is -0.399. The minimum absolute atomic E-state index is 0.0586. The summed E-state index contributed by atoms with van der Waals surface area (Å²) in [4.78, 5) is 11.8. The molecule has 0 spiro atoms. The Kier molecular flexibility index (Phi) is 5.22. The van der Waals surface area contributed by atoms with Crippen LogP contribution >= 0.6 is 0 Å². The summed E-state index contributed by atoms with van der Waals surface area (Å²) in [6, 6.07) is -0.336. The zero-order valence-electron chi connectivity index (χ0n) is 10.5. The number of hydrogen-bond donors (Lipinski definition) is 2. The Labute approximate surface area is 97.9 Å². The van der Waals surface area contributed by atoms with Gasteiger partial charge in [-0.3, -0.25) is 4.79 Å². The molecule has 0 aliphatic carbocycles. The fraction of sp³-hybridized carbons (Fsp3) is 0.917. The molecule has 4 nitrogen and oxygen atoms in total. The number of ether oxygens (including phenoxy) is 1. The molecule has 0 radical (unpaired) electrons. The van der Waals surface area contributed by atoms with Gasteiger partial charge in [-0.25, -0.2) is 0 Å². The molecule has 1 heterocycles. The van der Waals surface area contributed by atoms with E-state index >= 15 is 0 Å². The van der Waals surface area contributed by atoms with E-state index < -0.39 is 6.04 Å². The molecule has 16 heavy (non-hydrogen) atoms. The fourth-order valence-electron chi connectivity index (χ4n) is 2.04. The van der Waals surface area contributed by atoms with Crippen LogP contribution in [-0.2, 0) is 9.53 Å². The third-order valence-electron chi connectivity index (χ3n) is 2.95. The minimum Gasteiger partial charge on any atom is -0.376 e. The van der Waals surface area contributed by atoms with E-state index in [4.69, 9.17) is 10.5 Å². The number of nitrogens with one attached hydrogen (secondary N) is 1. The molecule has 4 heteroatoms. The molecule has 2 unspecified atom stereocenters. The van der Waals surface area contributed by atoms with Crippen molar-refractivity contribution in [2.45, 2.75) is 58.2 Å². The first-order chi connectivity index (χ1) is 7.50. The van der Waals surface area contributed by atoms with Crippen LogP contribution in [0.4, 0.5) is 0 Å². The molecule has 3 N–H and O–H groups in total. The topological polar surface area (TPSA) is 64.4 Å². The zero-order chi connectivity index (χ0) is 12.1. The number of hydrogen-bond acceptors (Lipinski definition) is 3. The summed E-state index contributed by atoms with van der Waals surface area (Å²) in [5.74, 6) is 0.385. The van der Waals surface area contributed by atoms with Gasteiger partial charge in [0, 0.05) is 6.61 Å². The second-order valence-electron chi connectivity index (χ2n) is 5.08. The second kappa shape index (κ2) is 6.21. The molecule has 0 aromatic carbocycles. The Bertz CT molecular complexity index is 225. The average molecular weight is 228 g/mol. The lowest BCUT2D eigenvalue weighted by Gasteiger charge is -2.22. The monoisotopic (exact) mass is 228 g/mol. The Morgan fingerprint density at radius 3 is 2.69 bits per heavy atom. The number of carbonyl (C=O) groups is 1. The Hall–Kier alpha value is -0.610. The van der Waals surface area contributed by atoms with Gasteiger partial charge in [0.05, 0.1) is 18.2 Å². The summed E-state index contributed by atoms with van der Waals surface area (Å²) in [5.41, 5.74) is 5.81. The molecule has 1 saturated heterocycles. The Balaban J connectivity index is 2.31. The number of rotatable bonds is 5. The maximum Gasteiger partial charge on any atom is 0.237 e. The van der Waals surface area contributed by atoms with Crippen LogP contribution in [0.5, 0.6) is 0 Å². The van der Waals surface area contributed by atoms with Gasteiger partial charge in [0.2, 0.25) is 5.91 Å². The highest BCUT2D eigenvalue weighted by atomic mass is 16.5. The fourth-order valence-corrected chi connectivity index (χ4v) is 2.04. The standard InChI is InChI=1S/C12H24N2O2/c1-8(2)7-10(13)12(15)14-9(3)11-5-4-6-16-11/h8-11H,4-7,13H2,1-3H3,(H,14,15)/t9?,10-,11?/m0/s1. The predicted molar refractivity (Wildman–Crippen MR) is 64.0 cm³/mol. The van der Waals surface area contributed by atoms with Crippen molar-refractivity contribution in [1.82, 2.24) is 5.32 Å². The molecule has 1 aliphatic rings. The normalized spacial score (nSPS) is 24.4. The smallest absolute Gasteiger partial charge is 0.237 e. The first-order valence-corrected chi connectivity index (χ1v) is 6.18. The van der Waals surface area contributed by atoms with Crippen molar-refractivity contribution in [3.05, 3.63) is 0 Å². The number of amides is 1. The predicted octanol–water partition coefficient (Wildman–Crippen LogP) is 1.04. The van der Waals surface area contributed by atoms with Crippen LogP contribution in [0.15, 0.2) is 0 Å². The van der Waals surface area contributed by atoms with Crippen molar-refractivity contribution in [2.24, 2.45) is 11.7 Å². The molecule has 0 aromatic heterocycles.